The van der Waals surface area contributed by atoms with Crippen molar-refractivity contribution in [3.8, 4) is 5.69 Å². The van der Waals surface area contributed by atoms with E-state index in [0.29, 0.717) is 6.54 Å². The number of halogens is 1. The number of nitrogens with zero attached hydrogens (tertiary/aromatic N) is 3. The second kappa shape index (κ2) is 6.56. The van der Waals surface area contributed by atoms with E-state index in [9.17, 15) is 4.39 Å². The van der Waals surface area contributed by atoms with Crippen molar-refractivity contribution in [1.82, 2.24) is 9.13 Å². The Balaban J connectivity index is 1.65. The first-order chi connectivity index (χ1) is 14.8. The zero-order valence-electron chi connectivity index (χ0n) is 16.2. The molecule has 30 heavy (non-hydrogen) atoms. The lowest BCUT2D eigenvalue weighted by molar-refractivity contribution is -0.510. The molecule has 0 aliphatic heterocycles. The number of benzene rings is 3. The highest BCUT2D eigenvalue weighted by molar-refractivity contribution is 6.11. The summed E-state index contributed by atoms with van der Waals surface area (Å²) in [5.74, 6) is -0.209. The molecule has 0 unspecified atom stereocenters. The van der Waals surface area contributed by atoms with Crippen molar-refractivity contribution in [2.24, 2.45) is 0 Å². The maximum atomic E-state index is 13.4. The Bertz CT molecular complexity index is 1510. The van der Waals surface area contributed by atoms with E-state index in [1.54, 1.807) is 0 Å². The summed E-state index contributed by atoms with van der Waals surface area (Å²) in [6.45, 7) is 0.681. The van der Waals surface area contributed by atoms with E-state index in [2.05, 4.69) is 74.7 Å². The van der Waals surface area contributed by atoms with E-state index >= 15 is 0 Å². The van der Waals surface area contributed by atoms with Gasteiger partial charge in [0.05, 0.1) is 6.20 Å². The lowest BCUT2D eigenvalue weighted by Gasteiger charge is -2.07. The van der Waals surface area contributed by atoms with Crippen LogP contribution in [0.15, 0.2) is 104 Å². The summed E-state index contributed by atoms with van der Waals surface area (Å²) in [5, 5.41) is 2.45. The van der Waals surface area contributed by atoms with Crippen LogP contribution in [0, 0.1) is 5.82 Å². The Kier molecular flexibility index (Phi) is 3.71. The van der Waals surface area contributed by atoms with Crippen LogP contribution >= 0.6 is 0 Å². The van der Waals surface area contributed by atoms with Crippen LogP contribution in [-0.4, -0.2) is 9.13 Å². The molecule has 0 bridgehead atoms. The Morgan fingerprint density at radius 3 is 2.37 bits per heavy atom. The molecular formula is C26H19FN3+. The third kappa shape index (κ3) is 2.61. The van der Waals surface area contributed by atoms with Crippen LogP contribution < -0.4 is 4.40 Å². The SMILES string of the molecule is Fc1ccc(Cn2c3ccccc3c3cc[n+]4cn(-c5ccccc5)cc4c32)cc1. The number of hydrogen-bond acceptors (Lipinski definition) is 0. The topological polar surface area (TPSA) is 14.0 Å². The number of aromatic nitrogens is 3. The zero-order valence-corrected chi connectivity index (χ0v) is 16.2. The van der Waals surface area contributed by atoms with Crippen molar-refractivity contribution in [2.45, 2.75) is 6.54 Å². The van der Waals surface area contributed by atoms with Gasteiger partial charge in [-0.1, -0.05) is 48.5 Å². The van der Waals surface area contributed by atoms with E-state index in [1.807, 2.05) is 30.3 Å². The summed E-state index contributed by atoms with van der Waals surface area (Å²) >= 11 is 0. The minimum atomic E-state index is -0.209. The molecule has 0 saturated heterocycles. The Labute approximate surface area is 172 Å². The van der Waals surface area contributed by atoms with Crippen molar-refractivity contribution < 1.29 is 8.79 Å². The van der Waals surface area contributed by atoms with E-state index in [4.69, 9.17) is 0 Å². The average Bonchev–Trinajstić information content (AvgIpc) is 3.36. The molecule has 0 N–H and O–H groups in total. The Morgan fingerprint density at radius 2 is 1.53 bits per heavy atom. The van der Waals surface area contributed by atoms with Gasteiger partial charge in [-0.05, 0) is 42.0 Å². The highest BCUT2D eigenvalue weighted by Gasteiger charge is 2.19. The van der Waals surface area contributed by atoms with Crippen LogP contribution in [0.3, 0.4) is 0 Å². The van der Waals surface area contributed by atoms with Gasteiger partial charge in [-0.25, -0.2) is 13.4 Å². The predicted octanol–water partition coefficient (Wildman–Crippen LogP) is 5.51. The van der Waals surface area contributed by atoms with Gasteiger partial charge in [0, 0.05) is 22.8 Å². The lowest BCUT2D eigenvalue weighted by atomic mass is 10.2. The van der Waals surface area contributed by atoms with Gasteiger partial charge in [-0.3, -0.25) is 0 Å². The van der Waals surface area contributed by atoms with Crippen LogP contribution in [0.1, 0.15) is 5.56 Å². The van der Waals surface area contributed by atoms with Gasteiger partial charge < -0.3 is 4.57 Å². The number of hydrogen-bond donors (Lipinski definition) is 0. The lowest BCUT2D eigenvalue weighted by Crippen LogP contribution is -2.18. The molecule has 4 heteroatoms. The molecule has 0 aliphatic carbocycles. The maximum absolute atomic E-state index is 13.4. The average molecular weight is 392 g/mol. The van der Waals surface area contributed by atoms with Crippen LogP contribution in [0.25, 0.3) is 33.0 Å². The molecule has 6 rings (SSSR count). The molecule has 0 radical (unpaired) electrons. The first-order valence-corrected chi connectivity index (χ1v) is 10.0. The van der Waals surface area contributed by atoms with Crippen LogP contribution in [0.5, 0.6) is 0 Å². The first kappa shape index (κ1) is 17.0. The number of imidazole rings is 1. The fraction of sp³-hybridized carbons (Fsp3) is 0.0385. The number of fused-ring (bicyclic) bond motifs is 5. The van der Waals surface area contributed by atoms with Crippen LogP contribution in [0.4, 0.5) is 4.39 Å². The molecule has 144 valence electrons. The second-order valence-corrected chi connectivity index (χ2v) is 7.59. The van der Waals surface area contributed by atoms with Crippen molar-refractivity contribution in [3.63, 3.8) is 0 Å². The van der Waals surface area contributed by atoms with E-state index < -0.39 is 0 Å². The second-order valence-electron chi connectivity index (χ2n) is 7.59. The summed E-state index contributed by atoms with van der Waals surface area (Å²) in [4.78, 5) is 0. The highest BCUT2D eigenvalue weighted by Crippen LogP contribution is 2.31. The van der Waals surface area contributed by atoms with E-state index in [0.717, 1.165) is 16.8 Å². The monoisotopic (exact) mass is 392 g/mol. The summed E-state index contributed by atoms with van der Waals surface area (Å²) in [6.07, 6.45) is 6.40. The van der Waals surface area contributed by atoms with Gasteiger partial charge in [0.1, 0.15) is 23.2 Å². The summed E-state index contributed by atoms with van der Waals surface area (Å²) in [5.41, 5.74) is 5.68. The maximum Gasteiger partial charge on any atom is 0.254 e. The van der Waals surface area contributed by atoms with Crippen LogP contribution in [-0.2, 0) is 6.54 Å². The predicted molar refractivity (Wildman–Crippen MR) is 117 cm³/mol. The Hall–Kier alpha value is -3.92. The van der Waals surface area contributed by atoms with Crippen molar-refractivity contribution in [2.75, 3.05) is 0 Å². The highest BCUT2D eigenvalue weighted by atomic mass is 19.1. The molecule has 0 saturated carbocycles. The standard InChI is InChI=1S/C26H19FN3/c27-20-12-10-19(11-13-20)16-30-24-9-5-4-8-22(24)23-14-15-28-18-29(17-25(28)26(23)30)21-6-2-1-3-7-21/h1-15,17-18H,16H2/q+1. The van der Waals surface area contributed by atoms with Crippen molar-refractivity contribution in [1.29, 1.82) is 0 Å². The molecule has 0 amide bonds. The smallest absolute Gasteiger partial charge is 0.254 e. The molecule has 0 aliphatic rings. The third-order valence-electron chi connectivity index (χ3n) is 5.75. The zero-order chi connectivity index (χ0) is 20.1. The summed E-state index contributed by atoms with van der Waals surface area (Å²) in [6, 6.07) is 27.8. The fourth-order valence-electron chi connectivity index (χ4n) is 4.34. The van der Waals surface area contributed by atoms with E-state index in [1.165, 1.54) is 33.9 Å². The quantitative estimate of drug-likeness (QED) is 0.353. The third-order valence-corrected chi connectivity index (χ3v) is 5.75. The normalized spacial score (nSPS) is 11.6. The molecule has 0 fully saturated rings. The van der Waals surface area contributed by atoms with Crippen molar-refractivity contribution in [3.05, 3.63) is 115 Å². The molecule has 0 spiro atoms. The molecule has 3 aromatic carbocycles. The van der Waals surface area contributed by atoms with Crippen molar-refractivity contribution >= 4 is 27.3 Å². The molecule has 3 aromatic heterocycles. The minimum absolute atomic E-state index is 0.209. The van der Waals surface area contributed by atoms with Gasteiger partial charge in [-0.2, -0.15) is 0 Å². The van der Waals surface area contributed by atoms with Crippen LogP contribution in [0.2, 0.25) is 0 Å². The Morgan fingerprint density at radius 1 is 0.767 bits per heavy atom. The molecule has 3 heterocycles. The minimum Gasteiger partial charge on any atom is -0.332 e. The first-order valence-electron chi connectivity index (χ1n) is 10.0. The van der Waals surface area contributed by atoms with Gasteiger partial charge in [-0.15, -0.1) is 0 Å². The number of rotatable bonds is 3. The van der Waals surface area contributed by atoms with Gasteiger partial charge in [0.2, 0.25) is 0 Å². The molecule has 6 aromatic rings. The fourth-order valence-corrected chi connectivity index (χ4v) is 4.34. The van der Waals surface area contributed by atoms with Gasteiger partial charge >= 0.3 is 0 Å². The summed E-state index contributed by atoms with van der Waals surface area (Å²) in [7, 11) is 0. The molecular weight excluding hydrogens is 373 g/mol. The summed E-state index contributed by atoms with van der Waals surface area (Å²) < 4.78 is 20.1. The van der Waals surface area contributed by atoms with E-state index in [-0.39, 0.29) is 5.82 Å². The van der Waals surface area contributed by atoms with Gasteiger partial charge in [0.15, 0.2) is 5.52 Å². The molecule has 3 nitrogen and oxygen atoms in total. The van der Waals surface area contributed by atoms with Gasteiger partial charge in [0.25, 0.3) is 6.33 Å². The number of pyridine rings is 1. The molecule has 0 atom stereocenters. The number of para-hydroxylation sites is 2. The largest absolute Gasteiger partial charge is 0.332 e.